The molecule has 0 unspecified atom stereocenters. The van der Waals surface area contributed by atoms with Crippen molar-refractivity contribution < 1.29 is 13.9 Å². The van der Waals surface area contributed by atoms with Crippen LogP contribution in [-0.4, -0.2) is 13.1 Å². The van der Waals surface area contributed by atoms with E-state index in [4.69, 9.17) is 4.74 Å². The smallest absolute Gasteiger partial charge is 0.323 e. The van der Waals surface area contributed by atoms with E-state index in [1.54, 1.807) is 12.1 Å². The Labute approximate surface area is 122 Å². The highest BCUT2D eigenvalue weighted by atomic mass is 32.2. The average molecular weight is 290 g/mol. The second-order valence-electron chi connectivity index (χ2n) is 4.33. The highest BCUT2D eigenvalue weighted by Crippen LogP contribution is 2.37. The van der Waals surface area contributed by atoms with Crippen LogP contribution in [0.1, 0.15) is 16.4 Å². The fourth-order valence-corrected chi connectivity index (χ4v) is 3.03. The van der Waals surface area contributed by atoms with Crippen molar-refractivity contribution in [3.63, 3.8) is 0 Å². The van der Waals surface area contributed by atoms with Crippen molar-refractivity contribution in [1.82, 2.24) is 0 Å². The maximum atomic E-state index is 12.9. The van der Waals surface area contributed by atoms with E-state index < -0.39 is 5.25 Å². The number of hydrogen-bond donors (Lipinski definition) is 0. The Bertz CT molecular complexity index is 596. The molecule has 2 nitrogen and oxygen atoms in total. The zero-order valence-electron chi connectivity index (χ0n) is 11.3. The van der Waals surface area contributed by atoms with Crippen molar-refractivity contribution in [2.24, 2.45) is 0 Å². The van der Waals surface area contributed by atoms with Gasteiger partial charge in [0.15, 0.2) is 0 Å². The summed E-state index contributed by atoms with van der Waals surface area (Å²) in [4.78, 5) is 12.8. The number of carbonyl (C=O) groups is 1. The molecular formula is C16H15FO2S. The molecule has 0 saturated carbocycles. The Morgan fingerprint density at radius 1 is 1.15 bits per heavy atom. The molecule has 2 rings (SSSR count). The van der Waals surface area contributed by atoms with Crippen molar-refractivity contribution in [3.05, 3.63) is 65.5 Å². The molecule has 0 spiro atoms. The SMILES string of the molecule is COC(=O)[C@H](Sc1ccc(F)cc1)c1ccccc1C. The summed E-state index contributed by atoms with van der Waals surface area (Å²) in [6.45, 7) is 1.95. The van der Waals surface area contributed by atoms with Gasteiger partial charge < -0.3 is 4.74 Å². The van der Waals surface area contributed by atoms with Crippen molar-refractivity contribution >= 4 is 17.7 Å². The number of thioether (sulfide) groups is 1. The summed E-state index contributed by atoms with van der Waals surface area (Å²) in [5, 5.41) is -0.452. The maximum Gasteiger partial charge on any atom is 0.323 e. The van der Waals surface area contributed by atoms with Gasteiger partial charge in [-0.1, -0.05) is 24.3 Å². The number of benzene rings is 2. The first-order chi connectivity index (χ1) is 9.61. The molecule has 0 radical (unpaired) electrons. The van der Waals surface area contributed by atoms with Crippen LogP contribution in [0.2, 0.25) is 0 Å². The Hall–Kier alpha value is -1.81. The first-order valence-electron chi connectivity index (χ1n) is 6.17. The predicted octanol–water partition coefficient (Wildman–Crippen LogP) is 4.14. The van der Waals surface area contributed by atoms with Crippen molar-refractivity contribution in [1.29, 1.82) is 0 Å². The third kappa shape index (κ3) is 3.39. The molecule has 1 atom stereocenters. The average Bonchev–Trinajstić information content (AvgIpc) is 2.47. The lowest BCUT2D eigenvalue weighted by atomic mass is 10.1. The molecule has 0 fully saturated rings. The van der Waals surface area contributed by atoms with Crippen LogP contribution in [-0.2, 0) is 9.53 Å². The molecule has 0 N–H and O–H groups in total. The summed E-state index contributed by atoms with van der Waals surface area (Å²) >= 11 is 1.36. The van der Waals surface area contributed by atoms with Crippen LogP contribution in [0, 0.1) is 12.7 Å². The molecule has 0 amide bonds. The topological polar surface area (TPSA) is 26.3 Å². The minimum Gasteiger partial charge on any atom is -0.468 e. The van der Waals surface area contributed by atoms with Crippen molar-refractivity contribution in [2.45, 2.75) is 17.1 Å². The number of halogens is 1. The number of rotatable bonds is 4. The second kappa shape index (κ2) is 6.57. The van der Waals surface area contributed by atoms with Crippen LogP contribution in [0.15, 0.2) is 53.4 Å². The van der Waals surface area contributed by atoms with E-state index >= 15 is 0 Å². The van der Waals surface area contributed by atoms with Crippen LogP contribution in [0.25, 0.3) is 0 Å². The molecule has 2 aromatic rings. The largest absolute Gasteiger partial charge is 0.468 e. The fraction of sp³-hybridized carbons (Fsp3) is 0.188. The molecule has 0 aliphatic carbocycles. The van der Waals surface area contributed by atoms with E-state index in [1.807, 2.05) is 31.2 Å². The standard InChI is InChI=1S/C16H15FO2S/c1-11-5-3-4-6-14(11)15(16(18)19-2)20-13-9-7-12(17)8-10-13/h3-10,15H,1-2H3/t15-/m1/s1. The number of hydrogen-bond acceptors (Lipinski definition) is 3. The number of carbonyl (C=O) groups excluding carboxylic acids is 1. The molecule has 2 aromatic carbocycles. The van der Waals surface area contributed by atoms with Gasteiger partial charge >= 0.3 is 5.97 Å². The normalized spacial score (nSPS) is 11.9. The van der Waals surface area contributed by atoms with Gasteiger partial charge in [-0.15, -0.1) is 11.8 Å². The van der Waals surface area contributed by atoms with E-state index in [2.05, 4.69) is 0 Å². The first-order valence-corrected chi connectivity index (χ1v) is 7.05. The molecular weight excluding hydrogens is 275 g/mol. The minimum atomic E-state index is -0.452. The van der Waals surface area contributed by atoms with E-state index in [-0.39, 0.29) is 11.8 Å². The lowest BCUT2D eigenvalue weighted by molar-refractivity contribution is -0.140. The molecule has 0 saturated heterocycles. The molecule has 0 bridgehead atoms. The highest BCUT2D eigenvalue weighted by molar-refractivity contribution is 8.00. The summed E-state index contributed by atoms with van der Waals surface area (Å²) in [5.74, 6) is -0.603. The van der Waals surface area contributed by atoms with Gasteiger partial charge in [0.2, 0.25) is 0 Å². The van der Waals surface area contributed by atoms with Gasteiger partial charge in [-0.05, 0) is 42.3 Å². The van der Waals surface area contributed by atoms with Gasteiger partial charge in [0, 0.05) is 4.90 Å². The van der Waals surface area contributed by atoms with Crippen LogP contribution < -0.4 is 0 Å². The lowest BCUT2D eigenvalue weighted by Gasteiger charge is -2.16. The van der Waals surface area contributed by atoms with Crippen molar-refractivity contribution in [2.75, 3.05) is 7.11 Å². The minimum absolute atomic E-state index is 0.292. The van der Waals surface area contributed by atoms with Gasteiger partial charge in [-0.2, -0.15) is 0 Å². The van der Waals surface area contributed by atoms with E-state index in [1.165, 1.54) is 31.0 Å². The predicted molar refractivity (Wildman–Crippen MR) is 78.2 cm³/mol. The summed E-state index contributed by atoms with van der Waals surface area (Å²) in [6.07, 6.45) is 0. The van der Waals surface area contributed by atoms with Gasteiger partial charge in [0.1, 0.15) is 11.1 Å². The molecule has 0 aliphatic heterocycles. The number of aryl methyl sites for hydroxylation is 1. The Morgan fingerprint density at radius 2 is 1.80 bits per heavy atom. The van der Waals surface area contributed by atoms with E-state index in [0.717, 1.165) is 16.0 Å². The zero-order valence-corrected chi connectivity index (χ0v) is 12.1. The van der Waals surface area contributed by atoms with E-state index in [0.29, 0.717) is 0 Å². The maximum absolute atomic E-state index is 12.9. The molecule has 0 aromatic heterocycles. The quantitative estimate of drug-likeness (QED) is 0.625. The summed E-state index contributed by atoms with van der Waals surface area (Å²) in [5.41, 5.74) is 1.94. The third-order valence-electron chi connectivity index (χ3n) is 2.95. The summed E-state index contributed by atoms with van der Waals surface area (Å²) in [7, 11) is 1.37. The number of esters is 1. The van der Waals surface area contributed by atoms with E-state index in [9.17, 15) is 9.18 Å². The van der Waals surface area contributed by atoms with Crippen LogP contribution in [0.4, 0.5) is 4.39 Å². The van der Waals surface area contributed by atoms with Gasteiger partial charge in [-0.3, -0.25) is 4.79 Å². The lowest BCUT2D eigenvalue weighted by Crippen LogP contribution is -2.12. The molecule has 0 heterocycles. The highest BCUT2D eigenvalue weighted by Gasteiger charge is 2.24. The second-order valence-corrected chi connectivity index (χ2v) is 5.51. The van der Waals surface area contributed by atoms with Crippen LogP contribution in [0.5, 0.6) is 0 Å². The molecule has 104 valence electrons. The third-order valence-corrected chi connectivity index (χ3v) is 4.18. The fourth-order valence-electron chi connectivity index (χ4n) is 1.88. The Balaban J connectivity index is 2.31. The monoisotopic (exact) mass is 290 g/mol. The molecule has 4 heteroatoms. The van der Waals surface area contributed by atoms with Crippen LogP contribution in [0.3, 0.4) is 0 Å². The Morgan fingerprint density at radius 3 is 2.40 bits per heavy atom. The molecule has 20 heavy (non-hydrogen) atoms. The molecule has 0 aliphatic rings. The number of ether oxygens (including phenoxy) is 1. The summed E-state index contributed by atoms with van der Waals surface area (Å²) < 4.78 is 17.8. The number of methoxy groups -OCH3 is 1. The van der Waals surface area contributed by atoms with Crippen LogP contribution >= 0.6 is 11.8 Å². The van der Waals surface area contributed by atoms with Gasteiger partial charge in [0.05, 0.1) is 7.11 Å². The Kier molecular flexibility index (Phi) is 4.79. The van der Waals surface area contributed by atoms with Gasteiger partial charge in [0.25, 0.3) is 0 Å². The summed E-state index contributed by atoms with van der Waals surface area (Å²) in [6, 6.07) is 13.8. The first kappa shape index (κ1) is 14.6. The zero-order chi connectivity index (χ0) is 14.5. The van der Waals surface area contributed by atoms with Gasteiger partial charge in [-0.25, -0.2) is 4.39 Å². The van der Waals surface area contributed by atoms with Crippen molar-refractivity contribution in [3.8, 4) is 0 Å².